The molecular formula is C15H23Cl3N2O2. The number of amides is 1. The molecule has 0 fully saturated rings. The van der Waals surface area contributed by atoms with Crippen molar-refractivity contribution in [2.75, 3.05) is 6.54 Å². The number of ether oxygens (including phenoxy) is 1. The first-order valence-electron chi connectivity index (χ1n) is 6.83. The molecule has 1 aromatic carbocycles. The van der Waals surface area contributed by atoms with Gasteiger partial charge in [-0.15, -0.1) is 12.4 Å². The summed E-state index contributed by atoms with van der Waals surface area (Å²) >= 11 is 11.9. The number of halogens is 3. The fourth-order valence-electron chi connectivity index (χ4n) is 1.63. The maximum Gasteiger partial charge on any atom is 0.261 e. The first kappa shape index (κ1) is 21.3. The first-order chi connectivity index (χ1) is 9.69. The van der Waals surface area contributed by atoms with E-state index in [-0.39, 0.29) is 24.2 Å². The fraction of sp³-hybridized carbons (Fsp3) is 0.533. The normalized spacial score (nSPS) is 14.7. The van der Waals surface area contributed by atoms with E-state index in [0.717, 1.165) is 0 Å². The Morgan fingerprint density at radius 3 is 2.41 bits per heavy atom. The summed E-state index contributed by atoms with van der Waals surface area (Å²) in [5.41, 5.74) is 5.28. The summed E-state index contributed by atoms with van der Waals surface area (Å²) in [6.07, 6.45) is -0.687. The number of nitrogens with two attached hydrogens (primary N) is 1. The Hall–Kier alpha value is -0.680. The molecule has 3 N–H and O–H groups in total. The van der Waals surface area contributed by atoms with Gasteiger partial charge in [0.25, 0.3) is 5.91 Å². The van der Waals surface area contributed by atoms with Crippen LogP contribution in [0.5, 0.6) is 5.75 Å². The Balaban J connectivity index is 0.00000441. The van der Waals surface area contributed by atoms with Gasteiger partial charge in [-0.3, -0.25) is 4.79 Å². The van der Waals surface area contributed by atoms with E-state index in [9.17, 15) is 4.79 Å². The molecule has 0 radical (unpaired) electrons. The number of nitrogens with one attached hydrogen (secondary N) is 1. The van der Waals surface area contributed by atoms with Crippen LogP contribution < -0.4 is 15.8 Å². The maximum absolute atomic E-state index is 12.2. The average Bonchev–Trinajstić information content (AvgIpc) is 2.41. The van der Waals surface area contributed by atoms with Gasteiger partial charge in [0.05, 0.1) is 10.6 Å². The van der Waals surface area contributed by atoms with Crippen LogP contribution in [0.25, 0.3) is 0 Å². The minimum absolute atomic E-state index is 0. The van der Waals surface area contributed by atoms with Crippen molar-refractivity contribution in [3.63, 3.8) is 0 Å². The van der Waals surface area contributed by atoms with E-state index in [2.05, 4.69) is 5.32 Å². The molecule has 1 amide bonds. The van der Waals surface area contributed by atoms with Crippen LogP contribution in [-0.4, -0.2) is 24.1 Å². The molecule has 4 nitrogen and oxygen atoms in total. The van der Waals surface area contributed by atoms with Gasteiger partial charge in [-0.05, 0) is 38.0 Å². The molecule has 1 rings (SSSR count). The molecule has 0 bridgehead atoms. The van der Waals surface area contributed by atoms with Crippen molar-refractivity contribution in [3.8, 4) is 5.75 Å². The molecule has 0 saturated carbocycles. The molecule has 126 valence electrons. The van der Waals surface area contributed by atoms with Crippen LogP contribution in [0.1, 0.15) is 27.7 Å². The molecule has 0 aliphatic rings. The van der Waals surface area contributed by atoms with Crippen molar-refractivity contribution < 1.29 is 9.53 Å². The van der Waals surface area contributed by atoms with Gasteiger partial charge in [0.2, 0.25) is 0 Å². The molecule has 7 heteroatoms. The summed E-state index contributed by atoms with van der Waals surface area (Å²) in [6, 6.07) is 4.87. The van der Waals surface area contributed by atoms with E-state index in [0.29, 0.717) is 22.3 Å². The van der Waals surface area contributed by atoms with Crippen molar-refractivity contribution in [3.05, 3.63) is 28.2 Å². The molecule has 2 atom stereocenters. The molecule has 1 aromatic rings. The summed E-state index contributed by atoms with van der Waals surface area (Å²) in [7, 11) is 0. The minimum atomic E-state index is -0.687. The highest BCUT2D eigenvalue weighted by Crippen LogP contribution is 2.28. The Labute approximate surface area is 148 Å². The summed E-state index contributed by atoms with van der Waals surface area (Å²) in [6.45, 7) is 7.95. The monoisotopic (exact) mass is 368 g/mol. The van der Waals surface area contributed by atoms with Crippen LogP contribution in [0.15, 0.2) is 18.2 Å². The fourth-order valence-corrected chi connectivity index (χ4v) is 2.08. The minimum Gasteiger partial charge on any atom is -0.479 e. The van der Waals surface area contributed by atoms with Crippen LogP contribution in [0, 0.1) is 5.92 Å². The number of carbonyl (C=O) groups excluding carboxylic acids is 1. The number of rotatable bonds is 6. The zero-order valence-corrected chi connectivity index (χ0v) is 15.5. The smallest absolute Gasteiger partial charge is 0.261 e. The van der Waals surface area contributed by atoms with Crippen LogP contribution in [0.2, 0.25) is 10.0 Å². The van der Waals surface area contributed by atoms with E-state index in [4.69, 9.17) is 33.7 Å². The topological polar surface area (TPSA) is 64.3 Å². The van der Waals surface area contributed by atoms with E-state index >= 15 is 0 Å². The van der Waals surface area contributed by atoms with E-state index in [1.807, 2.05) is 20.8 Å². The standard InChI is InChI=1S/C15H22Cl2N2O2.ClH/c1-9(2)15(4,8-18)19-14(20)10(3)21-13-6-5-11(16)7-12(13)17;/h5-7,9-10H,8,18H2,1-4H3,(H,19,20);1H. The largest absolute Gasteiger partial charge is 0.479 e. The lowest BCUT2D eigenvalue weighted by Gasteiger charge is -2.34. The third kappa shape index (κ3) is 5.51. The molecule has 0 saturated heterocycles. The molecule has 2 unspecified atom stereocenters. The predicted octanol–water partition coefficient (Wildman–Crippen LogP) is 3.67. The van der Waals surface area contributed by atoms with Gasteiger partial charge in [-0.1, -0.05) is 37.0 Å². The third-order valence-electron chi connectivity index (χ3n) is 3.67. The second kappa shape index (κ2) is 8.82. The lowest BCUT2D eigenvalue weighted by molar-refractivity contribution is -0.129. The molecule has 0 spiro atoms. The summed E-state index contributed by atoms with van der Waals surface area (Å²) in [5, 5.41) is 3.82. The molecule has 0 aliphatic heterocycles. The zero-order chi connectivity index (χ0) is 16.2. The van der Waals surface area contributed by atoms with Gasteiger partial charge in [-0.25, -0.2) is 0 Å². The van der Waals surface area contributed by atoms with Crippen LogP contribution >= 0.6 is 35.6 Å². The molecule has 0 aromatic heterocycles. The van der Waals surface area contributed by atoms with Crippen molar-refractivity contribution in [1.82, 2.24) is 5.32 Å². The van der Waals surface area contributed by atoms with Gasteiger partial charge in [-0.2, -0.15) is 0 Å². The Bertz CT molecular complexity index is 512. The maximum atomic E-state index is 12.2. The quantitative estimate of drug-likeness (QED) is 0.804. The Morgan fingerprint density at radius 2 is 1.95 bits per heavy atom. The van der Waals surface area contributed by atoms with Crippen molar-refractivity contribution in [2.45, 2.75) is 39.3 Å². The lowest BCUT2D eigenvalue weighted by atomic mass is 9.88. The third-order valence-corrected chi connectivity index (χ3v) is 4.20. The van der Waals surface area contributed by atoms with E-state index < -0.39 is 11.6 Å². The van der Waals surface area contributed by atoms with Gasteiger partial charge in [0, 0.05) is 11.6 Å². The van der Waals surface area contributed by atoms with Crippen LogP contribution in [0.3, 0.4) is 0 Å². The summed E-state index contributed by atoms with van der Waals surface area (Å²) in [5.74, 6) is 0.392. The highest BCUT2D eigenvalue weighted by molar-refractivity contribution is 6.35. The highest BCUT2D eigenvalue weighted by Gasteiger charge is 2.30. The first-order valence-corrected chi connectivity index (χ1v) is 7.59. The van der Waals surface area contributed by atoms with Crippen molar-refractivity contribution >= 4 is 41.5 Å². The molecule has 0 heterocycles. The molecular weight excluding hydrogens is 347 g/mol. The van der Waals surface area contributed by atoms with Gasteiger partial charge in [0.15, 0.2) is 6.10 Å². The second-order valence-electron chi connectivity index (χ2n) is 5.60. The predicted molar refractivity (Wildman–Crippen MR) is 94.2 cm³/mol. The van der Waals surface area contributed by atoms with E-state index in [1.54, 1.807) is 25.1 Å². The average molecular weight is 370 g/mol. The van der Waals surface area contributed by atoms with Crippen LogP contribution in [-0.2, 0) is 4.79 Å². The Kier molecular flexibility index (Phi) is 8.55. The summed E-state index contributed by atoms with van der Waals surface area (Å²) < 4.78 is 5.59. The van der Waals surface area contributed by atoms with Crippen molar-refractivity contribution in [1.29, 1.82) is 0 Å². The van der Waals surface area contributed by atoms with Gasteiger partial charge < -0.3 is 15.8 Å². The highest BCUT2D eigenvalue weighted by atomic mass is 35.5. The number of benzene rings is 1. The molecule has 0 aliphatic carbocycles. The van der Waals surface area contributed by atoms with E-state index in [1.165, 1.54) is 0 Å². The number of hydrogen-bond acceptors (Lipinski definition) is 3. The lowest BCUT2D eigenvalue weighted by Crippen LogP contribution is -2.57. The molecule has 22 heavy (non-hydrogen) atoms. The zero-order valence-electron chi connectivity index (χ0n) is 13.2. The van der Waals surface area contributed by atoms with Crippen molar-refractivity contribution in [2.24, 2.45) is 11.7 Å². The number of carbonyl (C=O) groups is 1. The SMILES string of the molecule is CC(Oc1ccc(Cl)cc1Cl)C(=O)NC(C)(CN)C(C)C.Cl. The van der Waals surface area contributed by atoms with Crippen LogP contribution in [0.4, 0.5) is 0 Å². The number of hydrogen-bond donors (Lipinski definition) is 2. The summed E-state index contributed by atoms with van der Waals surface area (Å²) in [4.78, 5) is 12.2. The van der Waals surface area contributed by atoms with Gasteiger partial charge in [0.1, 0.15) is 5.75 Å². The second-order valence-corrected chi connectivity index (χ2v) is 6.44. The van der Waals surface area contributed by atoms with Gasteiger partial charge >= 0.3 is 0 Å². The Morgan fingerprint density at radius 1 is 1.36 bits per heavy atom.